The zero-order valence-electron chi connectivity index (χ0n) is 9.99. The topological polar surface area (TPSA) is 52.6 Å². The normalized spacial score (nSPS) is 14.0. The molecule has 0 amide bonds. The van der Waals surface area contributed by atoms with E-state index >= 15 is 0 Å². The lowest BCUT2D eigenvalue weighted by Gasteiger charge is -2.20. The van der Waals surface area contributed by atoms with Gasteiger partial charge in [-0.2, -0.15) is 0 Å². The lowest BCUT2D eigenvalue weighted by molar-refractivity contribution is -0.151. The Balaban J connectivity index is 4.28. The maximum atomic E-state index is 11.3. The van der Waals surface area contributed by atoms with Crippen LogP contribution in [-0.4, -0.2) is 30.0 Å². The molecule has 2 atom stereocenters. The predicted octanol–water partition coefficient (Wildman–Crippen LogP) is 2.43. The van der Waals surface area contributed by atoms with E-state index in [1.54, 1.807) is 0 Å². The van der Waals surface area contributed by atoms with E-state index in [1.165, 1.54) is 14.0 Å². The van der Waals surface area contributed by atoms with Crippen LogP contribution >= 0.6 is 15.9 Å². The van der Waals surface area contributed by atoms with E-state index in [0.29, 0.717) is 6.42 Å². The Morgan fingerprint density at radius 3 is 2.38 bits per heavy atom. The minimum absolute atomic E-state index is 0.380. The summed E-state index contributed by atoms with van der Waals surface area (Å²) in [5.74, 6) is -0.794. The first-order valence-corrected chi connectivity index (χ1v) is 6.33. The molecule has 0 N–H and O–H groups in total. The molecule has 0 saturated carbocycles. The number of halogens is 1. The SMILES string of the molecule is CCCCC[C@@H](OC(C)=O)[C@@H](Br)C(=O)OC. The van der Waals surface area contributed by atoms with Gasteiger partial charge in [0.2, 0.25) is 0 Å². The first-order chi connectivity index (χ1) is 7.52. The highest BCUT2D eigenvalue weighted by molar-refractivity contribution is 9.10. The average molecular weight is 295 g/mol. The van der Waals surface area contributed by atoms with Gasteiger partial charge in [0.05, 0.1) is 7.11 Å². The standard InChI is InChI=1S/C11H19BrO4/c1-4-5-6-7-9(16-8(2)13)10(12)11(14)15-3/h9-10H,4-7H2,1-3H3/t9-,10-/m1/s1. The molecule has 0 radical (unpaired) electrons. The van der Waals surface area contributed by atoms with Crippen LogP contribution in [0.15, 0.2) is 0 Å². The van der Waals surface area contributed by atoms with Crippen molar-refractivity contribution in [1.29, 1.82) is 0 Å². The van der Waals surface area contributed by atoms with Crippen LogP contribution < -0.4 is 0 Å². The number of ether oxygens (including phenoxy) is 2. The monoisotopic (exact) mass is 294 g/mol. The second-order valence-electron chi connectivity index (χ2n) is 3.57. The van der Waals surface area contributed by atoms with Crippen molar-refractivity contribution in [3.05, 3.63) is 0 Å². The van der Waals surface area contributed by atoms with E-state index in [0.717, 1.165) is 19.3 Å². The number of carbonyl (C=O) groups is 2. The largest absolute Gasteiger partial charge is 0.468 e. The first-order valence-electron chi connectivity index (χ1n) is 5.42. The van der Waals surface area contributed by atoms with Crippen molar-refractivity contribution < 1.29 is 19.1 Å². The van der Waals surface area contributed by atoms with Crippen LogP contribution in [0, 0.1) is 0 Å². The van der Waals surface area contributed by atoms with Gasteiger partial charge in [0.15, 0.2) is 0 Å². The van der Waals surface area contributed by atoms with Crippen LogP contribution in [0.5, 0.6) is 0 Å². The van der Waals surface area contributed by atoms with Crippen LogP contribution in [0.1, 0.15) is 39.5 Å². The molecule has 0 bridgehead atoms. The number of alkyl halides is 1. The van der Waals surface area contributed by atoms with Gasteiger partial charge in [-0.15, -0.1) is 0 Å². The Morgan fingerprint density at radius 2 is 1.94 bits per heavy atom. The summed E-state index contributed by atoms with van der Waals surface area (Å²) < 4.78 is 9.70. The molecule has 4 nitrogen and oxygen atoms in total. The Morgan fingerprint density at radius 1 is 1.31 bits per heavy atom. The third-order valence-electron chi connectivity index (χ3n) is 2.16. The Kier molecular flexibility index (Phi) is 8.25. The number of methoxy groups -OCH3 is 1. The summed E-state index contributed by atoms with van der Waals surface area (Å²) in [6.07, 6.45) is 3.28. The van der Waals surface area contributed by atoms with Crippen molar-refractivity contribution in [2.75, 3.05) is 7.11 Å². The number of unbranched alkanes of at least 4 members (excludes halogenated alkanes) is 2. The molecule has 0 aliphatic heterocycles. The van der Waals surface area contributed by atoms with Gasteiger partial charge in [-0.3, -0.25) is 9.59 Å². The fraction of sp³-hybridized carbons (Fsp3) is 0.818. The Hall–Kier alpha value is -0.580. The van der Waals surface area contributed by atoms with Gasteiger partial charge in [0, 0.05) is 6.92 Å². The van der Waals surface area contributed by atoms with E-state index in [9.17, 15) is 9.59 Å². The minimum Gasteiger partial charge on any atom is -0.468 e. The van der Waals surface area contributed by atoms with E-state index in [-0.39, 0.29) is 5.97 Å². The Labute approximate surface area is 105 Å². The lowest BCUT2D eigenvalue weighted by Crippen LogP contribution is -2.33. The summed E-state index contributed by atoms with van der Waals surface area (Å²) in [5.41, 5.74) is 0. The number of hydrogen-bond donors (Lipinski definition) is 0. The second-order valence-corrected chi connectivity index (χ2v) is 4.56. The van der Waals surface area contributed by atoms with Crippen LogP contribution in [-0.2, 0) is 19.1 Å². The molecule has 0 aromatic rings. The summed E-state index contributed by atoms with van der Waals surface area (Å²) in [7, 11) is 1.31. The zero-order chi connectivity index (χ0) is 12.6. The summed E-state index contributed by atoms with van der Waals surface area (Å²) in [5, 5.41) is 0. The third-order valence-corrected chi connectivity index (χ3v) is 3.13. The van der Waals surface area contributed by atoms with E-state index < -0.39 is 16.9 Å². The Bertz CT molecular complexity index is 230. The summed E-state index contributed by atoms with van der Waals surface area (Å²) in [4.78, 5) is 21.6. The minimum atomic E-state index is -0.585. The van der Waals surface area contributed by atoms with Crippen LogP contribution in [0.25, 0.3) is 0 Å². The third kappa shape index (κ3) is 6.10. The number of esters is 2. The molecule has 0 heterocycles. The van der Waals surface area contributed by atoms with Gasteiger partial charge in [0.25, 0.3) is 0 Å². The molecule has 0 unspecified atom stereocenters. The van der Waals surface area contributed by atoms with Crippen molar-refractivity contribution in [2.45, 2.75) is 50.5 Å². The molecule has 94 valence electrons. The molecule has 16 heavy (non-hydrogen) atoms. The highest BCUT2D eigenvalue weighted by Crippen LogP contribution is 2.18. The number of hydrogen-bond acceptors (Lipinski definition) is 4. The van der Waals surface area contributed by atoms with E-state index in [2.05, 4.69) is 27.6 Å². The van der Waals surface area contributed by atoms with Crippen LogP contribution in [0.4, 0.5) is 0 Å². The molecule has 0 spiro atoms. The van der Waals surface area contributed by atoms with E-state index in [4.69, 9.17) is 4.74 Å². The van der Waals surface area contributed by atoms with Crippen LogP contribution in [0.2, 0.25) is 0 Å². The second kappa shape index (κ2) is 8.56. The molecule has 0 aliphatic rings. The number of rotatable bonds is 7. The van der Waals surface area contributed by atoms with Gasteiger partial charge >= 0.3 is 11.9 Å². The van der Waals surface area contributed by atoms with Gasteiger partial charge in [-0.1, -0.05) is 35.7 Å². The molecular weight excluding hydrogens is 276 g/mol. The van der Waals surface area contributed by atoms with Crippen molar-refractivity contribution in [1.82, 2.24) is 0 Å². The molecule has 0 aliphatic carbocycles. The molecule has 0 aromatic heterocycles. The lowest BCUT2D eigenvalue weighted by atomic mass is 10.1. The summed E-state index contributed by atoms with van der Waals surface area (Å²) in [6.45, 7) is 3.43. The first kappa shape index (κ1) is 15.4. The van der Waals surface area contributed by atoms with Gasteiger partial charge in [-0.25, -0.2) is 0 Å². The highest BCUT2D eigenvalue weighted by atomic mass is 79.9. The molecular formula is C11H19BrO4. The van der Waals surface area contributed by atoms with E-state index in [1.807, 2.05) is 0 Å². The van der Waals surface area contributed by atoms with Crippen molar-refractivity contribution in [3.63, 3.8) is 0 Å². The van der Waals surface area contributed by atoms with Gasteiger partial charge in [0.1, 0.15) is 10.9 Å². The fourth-order valence-corrected chi connectivity index (χ4v) is 1.90. The van der Waals surface area contributed by atoms with Crippen molar-refractivity contribution in [3.8, 4) is 0 Å². The van der Waals surface area contributed by atoms with Crippen LogP contribution in [0.3, 0.4) is 0 Å². The molecule has 5 heteroatoms. The maximum Gasteiger partial charge on any atom is 0.323 e. The van der Waals surface area contributed by atoms with Crippen molar-refractivity contribution in [2.24, 2.45) is 0 Å². The quantitative estimate of drug-likeness (QED) is 0.411. The van der Waals surface area contributed by atoms with Gasteiger partial charge in [-0.05, 0) is 12.8 Å². The zero-order valence-corrected chi connectivity index (χ0v) is 11.6. The maximum absolute atomic E-state index is 11.3. The van der Waals surface area contributed by atoms with Gasteiger partial charge < -0.3 is 9.47 Å². The molecule has 0 saturated heterocycles. The fourth-order valence-electron chi connectivity index (χ4n) is 1.34. The molecule has 0 rings (SSSR count). The molecule has 0 fully saturated rings. The summed E-state index contributed by atoms with van der Waals surface area (Å²) in [6, 6.07) is 0. The molecule has 0 aromatic carbocycles. The smallest absolute Gasteiger partial charge is 0.323 e. The number of carbonyl (C=O) groups excluding carboxylic acids is 2. The highest BCUT2D eigenvalue weighted by Gasteiger charge is 2.28. The predicted molar refractivity (Wildman–Crippen MR) is 64.4 cm³/mol. The average Bonchev–Trinajstić information content (AvgIpc) is 2.25. The van der Waals surface area contributed by atoms with Crippen molar-refractivity contribution >= 4 is 27.9 Å². The summed E-state index contributed by atoms with van der Waals surface area (Å²) >= 11 is 3.20.